The topological polar surface area (TPSA) is 67.4 Å². The number of benzene rings is 2. The number of carbonyl (C=O) groups excluding carboxylic acids is 2. The Balaban J connectivity index is 1.48. The van der Waals surface area contributed by atoms with Crippen molar-refractivity contribution in [1.29, 1.82) is 0 Å². The highest BCUT2D eigenvalue weighted by Gasteiger charge is 2.27. The molecule has 5 nitrogen and oxygen atoms in total. The first-order chi connectivity index (χ1) is 11.2. The number of amides is 2. The summed E-state index contributed by atoms with van der Waals surface area (Å²) < 4.78 is 5.63. The molecule has 0 radical (unpaired) electrons. The number of nitrogens with one attached hydrogen (secondary N) is 2. The lowest BCUT2D eigenvalue weighted by Gasteiger charge is -2.25. The fourth-order valence-electron chi connectivity index (χ4n) is 2.42. The molecule has 0 saturated carbocycles. The van der Waals surface area contributed by atoms with Gasteiger partial charge < -0.3 is 15.4 Å². The van der Waals surface area contributed by atoms with Crippen molar-refractivity contribution in [2.24, 2.45) is 0 Å². The minimum atomic E-state index is -0.703. The van der Waals surface area contributed by atoms with E-state index in [2.05, 4.69) is 10.6 Å². The number of rotatable bonds is 5. The first-order valence-corrected chi connectivity index (χ1v) is 7.59. The molecule has 1 aliphatic rings. The molecule has 2 N–H and O–H groups in total. The number of fused-ring (bicyclic) bond motifs is 1. The molecule has 1 heterocycles. The second-order valence-electron chi connectivity index (χ2n) is 5.38. The molecule has 0 bridgehead atoms. The molecule has 1 unspecified atom stereocenters. The van der Waals surface area contributed by atoms with Crippen molar-refractivity contribution >= 4 is 17.5 Å². The maximum atomic E-state index is 12.0. The standard InChI is InChI=1S/C18H18N2O3/c21-17(11-10-13-6-2-1-3-7-13)19-12-16-18(22)20-14-8-4-5-9-15(14)23-16/h1-9,16H,10-12H2,(H,19,21)(H,20,22). The number of hydrogen-bond acceptors (Lipinski definition) is 3. The summed E-state index contributed by atoms with van der Waals surface area (Å²) >= 11 is 0. The fourth-order valence-corrected chi connectivity index (χ4v) is 2.42. The predicted octanol–water partition coefficient (Wildman–Crippen LogP) is 2.14. The zero-order valence-electron chi connectivity index (χ0n) is 12.6. The Kier molecular flexibility index (Phi) is 4.57. The summed E-state index contributed by atoms with van der Waals surface area (Å²) in [5.41, 5.74) is 1.77. The van der Waals surface area contributed by atoms with Crippen LogP contribution in [-0.2, 0) is 16.0 Å². The molecule has 118 valence electrons. The molecule has 2 aromatic carbocycles. The quantitative estimate of drug-likeness (QED) is 0.889. The molecule has 5 heteroatoms. The van der Waals surface area contributed by atoms with Gasteiger partial charge in [0.05, 0.1) is 12.2 Å². The van der Waals surface area contributed by atoms with Gasteiger partial charge in [-0.25, -0.2) is 0 Å². The largest absolute Gasteiger partial charge is 0.477 e. The van der Waals surface area contributed by atoms with Gasteiger partial charge in [-0.15, -0.1) is 0 Å². The van der Waals surface area contributed by atoms with Gasteiger partial charge in [0.2, 0.25) is 5.91 Å². The highest BCUT2D eigenvalue weighted by molar-refractivity contribution is 5.98. The molecule has 1 atom stereocenters. The van der Waals surface area contributed by atoms with Gasteiger partial charge in [0.1, 0.15) is 5.75 Å². The second kappa shape index (κ2) is 6.96. The zero-order valence-corrected chi connectivity index (χ0v) is 12.6. The Morgan fingerprint density at radius 3 is 2.65 bits per heavy atom. The molecule has 2 amide bonds. The van der Waals surface area contributed by atoms with E-state index in [1.54, 1.807) is 12.1 Å². The van der Waals surface area contributed by atoms with Crippen molar-refractivity contribution in [3.63, 3.8) is 0 Å². The van der Waals surface area contributed by atoms with Crippen molar-refractivity contribution in [1.82, 2.24) is 5.32 Å². The highest BCUT2D eigenvalue weighted by atomic mass is 16.5. The van der Waals surface area contributed by atoms with Gasteiger partial charge in [-0.05, 0) is 24.1 Å². The first kappa shape index (κ1) is 15.1. The SMILES string of the molecule is O=C(CCc1ccccc1)NCC1Oc2ccccc2NC1=O. The minimum Gasteiger partial charge on any atom is -0.477 e. The van der Waals surface area contributed by atoms with E-state index in [9.17, 15) is 9.59 Å². The van der Waals surface area contributed by atoms with Crippen LogP contribution in [0.25, 0.3) is 0 Å². The molecule has 1 aliphatic heterocycles. The third-order valence-corrected chi connectivity index (χ3v) is 3.67. The Morgan fingerprint density at radius 1 is 1.09 bits per heavy atom. The number of carbonyl (C=O) groups is 2. The summed E-state index contributed by atoms with van der Waals surface area (Å²) in [7, 11) is 0. The van der Waals surface area contributed by atoms with E-state index >= 15 is 0 Å². The smallest absolute Gasteiger partial charge is 0.267 e. The van der Waals surface area contributed by atoms with E-state index in [1.807, 2.05) is 42.5 Å². The van der Waals surface area contributed by atoms with Crippen LogP contribution in [0.2, 0.25) is 0 Å². The van der Waals surface area contributed by atoms with Crippen molar-refractivity contribution in [2.75, 3.05) is 11.9 Å². The number of hydrogen-bond donors (Lipinski definition) is 2. The number of ether oxygens (including phenoxy) is 1. The molecular weight excluding hydrogens is 292 g/mol. The van der Waals surface area contributed by atoms with Crippen LogP contribution in [0.5, 0.6) is 5.75 Å². The molecule has 2 aromatic rings. The van der Waals surface area contributed by atoms with E-state index < -0.39 is 6.10 Å². The lowest BCUT2D eigenvalue weighted by molar-refractivity contribution is -0.125. The van der Waals surface area contributed by atoms with Crippen LogP contribution in [0.4, 0.5) is 5.69 Å². The minimum absolute atomic E-state index is 0.0934. The molecule has 0 spiro atoms. The molecular formula is C18H18N2O3. The van der Waals surface area contributed by atoms with Gasteiger partial charge >= 0.3 is 0 Å². The molecule has 0 aromatic heterocycles. The van der Waals surface area contributed by atoms with Crippen molar-refractivity contribution in [2.45, 2.75) is 18.9 Å². The van der Waals surface area contributed by atoms with Crippen LogP contribution in [0, 0.1) is 0 Å². The highest BCUT2D eigenvalue weighted by Crippen LogP contribution is 2.28. The third kappa shape index (κ3) is 3.88. The molecule has 0 saturated heterocycles. The number of para-hydroxylation sites is 2. The van der Waals surface area contributed by atoms with Crippen LogP contribution in [0.15, 0.2) is 54.6 Å². The Hall–Kier alpha value is -2.82. The molecule has 0 fully saturated rings. The van der Waals surface area contributed by atoms with Crippen LogP contribution >= 0.6 is 0 Å². The van der Waals surface area contributed by atoms with Gasteiger partial charge in [0.25, 0.3) is 5.91 Å². The zero-order chi connectivity index (χ0) is 16.1. The van der Waals surface area contributed by atoms with Gasteiger partial charge in [0.15, 0.2) is 6.10 Å². The summed E-state index contributed by atoms with van der Waals surface area (Å²) in [6.45, 7) is 0.161. The monoisotopic (exact) mass is 310 g/mol. The normalized spacial score (nSPS) is 16.0. The van der Waals surface area contributed by atoms with E-state index in [4.69, 9.17) is 4.74 Å². The lowest BCUT2D eigenvalue weighted by Crippen LogP contribution is -2.45. The molecule has 0 aliphatic carbocycles. The van der Waals surface area contributed by atoms with Crippen LogP contribution < -0.4 is 15.4 Å². The third-order valence-electron chi connectivity index (χ3n) is 3.67. The Morgan fingerprint density at radius 2 is 1.83 bits per heavy atom. The summed E-state index contributed by atoms with van der Waals surface area (Å²) in [6, 6.07) is 17.1. The van der Waals surface area contributed by atoms with Crippen molar-refractivity contribution < 1.29 is 14.3 Å². The maximum absolute atomic E-state index is 12.0. The lowest BCUT2D eigenvalue weighted by atomic mass is 10.1. The van der Waals surface area contributed by atoms with Crippen LogP contribution in [-0.4, -0.2) is 24.5 Å². The van der Waals surface area contributed by atoms with Gasteiger partial charge in [-0.1, -0.05) is 42.5 Å². The van der Waals surface area contributed by atoms with E-state index in [0.717, 1.165) is 5.56 Å². The van der Waals surface area contributed by atoms with Gasteiger partial charge in [-0.2, -0.15) is 0 Å². The summed E-state index contributed by atoms with van der Waals surface area (Å²) in [5.74, 6) is 0.284. The first-order valence-electron chi connectivity index (χ1n) is 7.59. The summed E-state index contributed by atoms with van der Waals surface area (Å²) in [6.07, 6.45) is 0.355. The molecule has 23 heavy (non-hydrogen) atoms. The Bertz CT molecular complexity index is 700. The number of anilines is 1. The maximum Gasteiger partial charge on any atom is 0.267 e. The van der Waals surface area contributed by atoms with Crippen LogP contribution in [0.1, 0.15) is 12.0 Å². The second-order valence-corrected chi connectivity index (χ2v) is 5.38. The predicted molar refractivity (Wildman–Crippen MR) is 87.3 cm³/mol. The summed E-state index contributed by atoms with van der Waals surface area (Å²) in [4.78, 5) is 23.9. The summed E-state index contributed by atoms with van der Waals surface area (Å²) in [5, 5.41) is 5.54. The average molecular weight is 310 g/mol. The fraction of sp³-hybridized carbons (Fsp3) is 0.222. The van der Waals surface area contributed by atoms with E-state index in [1.165, 1.54) is 0 Å². The van der Waals surface area contributed by atoms with Crippen molar-refractivity contribution in [3.8, 4) is 5.75 Å². The van der Waals surface area contributed by atoms with Crippen molar-refractivity contribution in [3.05, 3.63) is 60.2 Å². The number of aryl methyl sites for hydroxylation is 1. The molecule has 3 rings (SSSR count). The van der Waals surface area contributed by atoms with E-state index in [0.29, 0.717) is 24.3 Å². The average Bonchev–Trinajstić information content (AvgIpc) is 2.59. The Labute approximate surface area is 134 Å². The van der Waals surface area contributed by atoms with Gasteiger partial charge in [-0.3, -0.25) is 9.59 Å². The van der Waals surface area contributed by atoms with Crippen LogP contribution in [0.3, 0.4) is 0 Å². The van der Waals surface area contributed by atoms with Gasteiger partial charge in [0, 0.05) is 6.42 Å². The van der Waals surface area contributed by atoms with E-state index in [-0.39, 0.29) is 18.4 Å².